The van der Waals surface area contributed by atoms with Crippen LogP contribution >= 0.6 is 11.6 Å². The number of benzene rings is 1. The fraction of sp³-hybridized carbons (Fsp3) is 0.308. The zero-order chi connectivity index (χ0) is 15.9. The number of hydrogen-bond acceptors (Lipinski definition) is 6. The van der Waals surface area contributed by atoms with E-state index in [0.29, 0.717) is 10.6 Å². The predicted molar refractivity (Wildman–Crippen MR) is 76.8 cm³/mol. The van der Waals surface area contributed by atoms with Crippen LogP contribution in [0.5, 0.6) is 0 Å². The lowest BCUT2D eigenvalue weighted by atomic mass is 10.0. The number of carbonyl (C=O) groups is 2. The van der Waals surface area contributed by atoms with E-state index in [1.165, 1.54) is 18.1 Å². The quantitative estimate of drug-likeness (QED) is 0.787. The predicted octanol–water partition coefficient (Wildman–Crippen LogP) is 0.747. The first-order valence-electron chi connectivity index (χ1n) is 6.41. The molecule has 22 heavy (non-hydrogen) atoms. The van der Waals surface area contributed by atoms with Crippen molar-refractivity contribution in [2.75, 3.05) is 7.11 Å². The van der Waals surface area contributed by atoms with E-state index in [2.05, 4.69) is 25.6 Å². The van der Waals surface area contributed by atoms with Crippen LogP contribution in [0.15, 0.2) is 30.6 Å². The topological polar surface area (TPSA) is 99.0 Å². The molecule has 0 aliphatic heterocycles. The molecule has 1 heterocycles. The highest BCUT2D eigenvalue weighted by molar-refractivity contribution is 6.31. The molecule has 1 aromatic carbocycles. The van der Waals surface area contributed by atoms with Crippen LogP contribution in [0.4, 0.5) is 0 Å². The number of hydrogen-bond donors (Lipinski definition) is 1. The number of halogens is 1. The first kappa shape index (κ1) is 15.9. The Labute approximate surface area is 131 Å². The summed E-state index contributed by atoms with van der Waals surface area (Å²) in [6, 6.07) is 6.38. The van der Waals surface area contributed by atoms with Gasteiger partial charge in [-0.15, -0.1) is 5.10 Å². The summed E-state index contributed by atoms with van der Waals surface area (Å²) in [4.78, 5) is 23.6. The molecule has 1 aromatic heterocycles. The maximum atomic E-state index is 12.1. The molecule has 1 amide bonds. The monoisotopic (exact) mass is 323 g/mol. The third kappa shape index (κ3) is 4.26. The second kappa shape index (κ2) is 7.51. The van der Waals surface area contributed by atoms with Gasteiger partial charge in [0.2, 0.25) is 5.91 Å². The molecule has 0 aliphatic rings. The highest BCUT2D eigenvalue weighted by atomic mass is 35.5. The number of methoxy groups -OCH3 is 1. The van der Waals surface area contributed by atoms with E-state index in [1.54, 1.807) is 24.3 Å². The van der Waals surface area contributed by atoms with Crippen LogP contribution in [0.1, 0.15) is 18.0 Å². The smallest absolute Gasteiger partial charge is 0.307 e. The highest BCUT2D eigenvalue weighted by Crippen LogP contribution is 2.25. The van der Waals surface area contributed by atoms with Gasteiger partial charge in [0.15, 0.2) is 0 Å². The number of nitrogens with one attached hydrogen (secondary N) is 1. The summed E-state index contributed by atoms with van der Waals surface area (Å²) < 4.78 is 5.93. The average molecular weight is 324 g/mol. The first-order valence-corrected chi connectivity index (χ1v) is 6.79. The number of rotatable bonds is 6. The van der Waals surface area contributed by atoms with Gasteiger partial charge in [-0.25, -0.2) is 4.68 Å². The Kier molecular flexibility index (Phi) is 5.42. The SMILES string of the molecule is COC(=O)CC(NC(=O)Cn1cnnn1)c1ccccc1Cl. The largest absolute Gasteiger partial charge is 0.469 e. The Hall–Kier alpha value is -2.48. The van der Waals surface area contributed by atoms with E-state index >= 15 is 0 Å². The maximum Gasteiger partial charge on any atom is 0.307 e. The number of esters is 1. The first-order chi connectivity index (χ1) is 10.6. The Morgan fingerprint density at radius 1 is 1.41 bits per heavy atom. The van der Waals surface area contributed by atoms with Gasteiger partial charge in [0.1, 0.15) is 12.9 Å². The molecule has 0 bridgehead atoms. The summed E-state index contributed by atoms with van der Waals surface area (Å²) in [5, 5.41) is 13.7. The van der Waals surface area contributed by atoms with Gasteiger partial charge in [-0.3, -0.25) is 9.59 Å². The maximum absolute atomic E-state index is 12.1. The van der Waals surface area contributed by atoms with Gasteiger partial charge < -0.3 is 10.1 Å². The normalized spacial score (nSPS) is 11.7. The number of amides is 1. The van der Waals surface area contributed by atoms with Gasteiger partial charge in [0.05, 0.1) is 19.6 Å². The molecular weight excluding hydrogens is 310 g/mol. The van der Waals surface area contributed by atoms with Crippen molar-refractivity contribution < 1.29 is 14.3 Å². The lowest BCUT2D eigenvalue weighted by Crippen LogP contribution is -2.33. The van der Waals surface area contributed by atoms with Crippen molar-refractivity contribution in [3.8, 4) is 0 Å². The molecule has 0 saturated heterocycles. The molecule has 0 radical (unpaired) electrons. The zero-order valence-electron chi connectivity index (χ0n) is 11.8. The number of nitrogens with zero attached hydrogens (tertiary/aromatic N) is 4. The van der Waals surface area contributed by atoms with E-state index in [9.17, 15) is 9.59 Å². The Bertz CT molecular complexity index is 647. The van der Waals surface area contributed by atoms with Crippen LogP contribution in [0.25, 0.3) is 0 Å². The minimum atomic E-state index is -0.592. The van der Waals surface area contributed by atoms with Gasteiger partial charge in [-0.05, 0) is 22.1 Å². The van der Waals surface area contributed by atoms with Crippen LogP contribution in [0.2, 0.25) is 5.02 Å². The van der Waals surface area contributed by atoms with Crippen LogP contribution in [-0.2, 0) is 20.9 Å². The van der Waals surface area contributed by atoms with Crippen molar-refractivity contribution in [3.63, 3.8) is 0 Å². The second-order valence-electron chi connectivity index (χ2n) is 4.43. The van der Waals surface area contributed by atoms with Crippen molar-refractivity contribution in [3.05, 3.63) is 41.2 Å². The van der Waals surface area contributed by atoms with E-state index in [-0.39, 0.29) is 18.9 Å². The van der Waals surface area contributed by atoms with Crippen molar-refractivity contribution in [2.45, 2.75) is 19.0 Å². The molecule has 116 valence electrons. The molecule has 1 atom stereocenters. The Morgan fingerprint density at radius 2 is 2.18 bits per heavy atom. The molecule has 9 heteroatoms. The minimum Gasteiger partial charge on any atom is -0.469 e. The third-order valence-electron chi connectivity index (χ3n) is 2.91. The van der Waals surface area contributed by atoms with E-state index < -0.39 is 12.0 Å². The van der Waals surface area contributed by atoms with Gasteiger partial charge in [0.25, 0.3) is 0 Å². The van der Waals surface area contributed by atoms with Gasteiger partial charge >= 0.3 is 5.97 Å². The fourth-order valence-electron chi connectivity index (χ4n) is 1.89. The van der Waals surface area contributed by atoms with Crippen LogP contribution < -0.4 is 5.32 Å². The molecule has 0 aliphatic carbocycles. The summed E-state index contributed by atoms with van der Waals surface area (Å²) in [7, 11) is 1.29. The average Bonchev–Trinajstić information content (AvgIpc) is 2.99. The zero-order valence-corrected chi connectivity index (χ0v) is 12.5. The van der Waals surface area contributed by atoms with E-state index in [1.807, 2.05) is 0 Å². The molecule has 0 spiro atoms. The number of tetrazole rings is 1. The van der Waals surface area contributed by atoms with Gasteiger partial charge in [0, 0.05) is 5.02 Å². The molecule has 2 aromatic rings. The van der Waals surface area contributed by atoms with Crippen molar-refractivity contribution in [1.29, 1.82) is 0 Å². The fourth-order valence-corrected chi connectivity index (χ4v) is 2.15. The molecule has 0 saturated carbocycles. The summed E-state index contributed by atoms with van der Waals surface area (Å²) in [6.07, 6.45) is 1.30. The van der Waals surface area contributed by atoms with Crippen LogP contribution in [0.3, 0.4) is 0 Å². The Balaban J connectivity index is 2.12. The van der Waals surface area contributed by atoms with Crippen LogP contribution in [0, 0.1) is 0 Å². The second-order valence-corrected chi connectivity index (χ2v) is 4.84. The number of carbonyl (C=O) groups excluding carboxylic acids is 2. The lowest BCUT2D eigenvalue weighted by Gasteiger charge is -2.19. The van der Waals surface area contributed by atoms with Crippen molar-refractivity contribution in [1.82, 2.24) is 25.5 Å². The summed E-state index contributed by atoms with van der Waals surface area (Å²) in [5.74, 6) is -0.797. The van der Waals surface area contributed by atoms with Crippen molar-refractivity contribution >= 4 is 23.5 Å². The molecular formula is C13H14ClN5O3. The minimum absolute atomic E-state index is 0.0262. The summed E-state index contributed by atoms with van der Waals surface area (Å²) >= 11 is 6.13. The molecule has 2 rings (SSSR count). The van der Waals surface area contributed by atoms with Gasteiger partial charge in [-0.1, -0.05) is 29.8 Å². The van der Waals surface area contributed by atoms with E-state index in [4.69, 9.17) is 11.6 Å². The lowest BCUT2D eigenvalue weighted by molar-refractivity contribution is -0.141. The molecule has 1 unspecified atom stereocenters. The molecule has 0 fully saturated rings. The highest BCUT2D eigenvalue weighted by Gasteiger charge is 2.21. The molecule has 8 nitrogen and oxygen atoms in total. The number of aromatic nitrogens is 4. The third-order valence-corrected chi connectivity index (χ3v) is 3.26. The van der Waals surface area contributed by atoms with Gasteiger partial charge in [-0.2, -0.15) is 0 Å². The van der Waals surface area contributed by atoms with Crippen molar-refractivity contribution in [2.24, 2.45) is 0 Å². The summed E-state index contributed by atoms with van der Waals surface area (Å²) in [6.45, 7) is -0.0604. The summed E-state index contributed by atoms with van der Waals surface area (Å²) in [5.41, 5.74) is 0.639. The Morgan fingerprint density at radius 3 is 2.82 bits per heavy atom. The molecule has 1 N–H and O–H groups in total. The standard InChI is InChI=1S/C13H14ClN5O3/c1-22-13(21)6-11(9-4-2-3-5-10(9)14)16-12(20)7-19-8-15-17-18-19/h2-5,8,11H,6-7H2,1H3,(H,16,20). The van der Waals surface area contributed by atoms with Crippen LogP contribution in [-0.4, -0.2) is 39.2 Å². The van der Waals surface area contributed by atoms with E-state index in [0.717, 1.165) is 0 Å². The number of ether oxygens (including phenoxy) is 1.